The number of benzene rings is 1. The van der Waals surface area contributed by atoms with E-state index in [0.29, 0.717) is 11.9 Å². The molecule has 0 aliphatic carbocycles. The largest absolute Gasteiger partial charge is 0.407 e. The topological polar surface area (TPSA) is 67.2 Å². The van der Waals surface area contributed by atoms with Crippen LogP contribution in [0.1, 0.15) is 50.8 Å². The summed E-state index contributed by atoms with van der Waals surface area (Å²) in [6.45, 7) is 8.74. The van der Waals surface area contributed by atoms with E-state index in [0.717, 1.165) is 39.0 Å². The van der Waals surface area contributed by atoms with Gasteiger partial charge in [-0.25, -0.2) is 0 Å². The minimum Gasteiger partial charge on any atom is -0.407 e. The first-order chi connectivity index (χ1) is 13.0. The average molecular weight is 366 g/mol. The Hall–Kier alpha value is -2.34. The highest BCUT2D eigenvalue weighted by molar-refractivity contribution is 5.85. The Bertz CT molecular complexity index is 974. The Balaban J connectivity index is 1.41. The smallest absolute Gasteiger partial charge is 0.318 e. The van der Waals surface area contributed by atoms with Gasteiger partial charge in [0.25, 0.3) is 0 Å². The predicted molar refractivity (Wildman–Crippen MR) is 104 cm³/mol. The van der Waals surface area contributed by atoms with Crippen LogP contribution in [0.4, 0.5) is 6.01 Å². The molecule has 2 aliphatic heterocycles. The number of hydrogen-bond donors (Lipinski definition) is 1. The minimum absolute atomic E-state index is 0.131. The summed E-state index contributed by atoms with van der Waals surface area (Å²) in [4.78, 5) is 5.85. The lowest BCUT2D eigenvalue weighted by atomic mass is 9.83. The summed E-state index contributed by atoms with van der Waals surface area (Å²) >= 11 is 0. The van der Waals surface area contributed by atoms with Crippen LogP contribution in [0.3, 0.4) is 0 Å². The molecule has 6 nitrogen and oxygen atoms in total. The van der Waals surface area contributed by atoms with Gasteiger partial charge in [-0.1, -0.05) is 44.1 Å². The van der Waals surface area contributed by atoms with Gasteiger partial charge in [0.1, 0.15) is 5.60 Å². The number of anilines is 1. The van der Waals surface area contributed by atoms with Crippen molar-refractivity contribution in [3.63, 3.8) is 0 Å². The second-order valence-electron chi connectivity index (χ2n) is 8.74. The summed E-state index contributed by atoms with van der Waals surface area (Å²) in [5, 5.41) is 9.85. The molecule has 2 aliphatic rings. The van der Waals surface area contributed by atoms with Gasteiger partial charge in [0.2, 0.25) is 5.89 Å². The van der Waals surface area contributed by atoms with E-state index >= 15 is 0 Å². The molecule has 2 aromatic heterocycles. The van der Waals surface area contributed by atoms with Gasteiger partial charge in [-0.15, -0.1) is 5.10 Å². The molecule has 142 valence electrons. The van der Waals surface area contributed by atoms with Crippen LogP contribution < -0.4 is 4.90 Å². The normalized spacial score (nSPS) is 19.6. The number of aromatic amines is 1. The number of piperidine rings is 1. The SMILES string of the molecule is CC(C)(C)c1nnc(N2CCC3(CC2)OCCc2c3[nH]c3ccccc23)o1. The Kier molecular flexibility index (Phi) is 3.63. The number of hydrogen-bond acceptors (Lipinski definition) is 5. The van der Waals surface area contributed by atoms with Crippen LogP contribution in [0.15, 0.2) is 28.7 Å². The molecule has 0 atom stereocenters. The summed E-state index contributed by atoms with van der Waals surface area (Å²) in [5.74, 6) is 0.685. The highest BCUT2D eigenvalue weighted by Gasteiger charge is 2.43. The van der Waals surface area contributed by atoms with Crippen LogP contribution in [0.2, 0.25) is 0 Å². The molecule has 1 fully saturated rings. The molecule has 6 heteroatoms. The molecule has 0 amide bonds. The zero-order valence-corrected chi connectivity index (χ0v) is 16.2. The highest BCUT2D eigenvalue weighted by Crippen LogP contribution is 2.44. The van der Waals surface area contributed by atoms with E-state index in [1.165, 1.54) is 22.2 Å². The molecular weight excluding hydrogens is 340 g/mol. The lowest BCUT2D eigenvalue weighted by Gasteiger charge is -2.43. The first kappa shape index (κ1) is 16.8. The van der Waals surface area contributed by atoms with Crippen LogP contribution in [0.5, 0.6) is 0 Å². The lowest BCUT2D eigenvalue weighted by molar-refractivity contribution is -0.0794. The van der Waals surface area contributed by atoms with Crippen molar-refractivity contribution in [3.05, 3.63) is 41.4 Å². The first-order valence-electron chi connectivity index (χ1n) is 9.79. The van der Waals surface area contributed by atoms with E-state index in [-0.39, 0.29) is 11.0 Å². The first-order valence-corrected chi connectivity index (χ1v) is 9.79. The quantitative estimate of drug-likeness (QED) is 0.707. The molecule has 4 heterocycles. The summed E-state index contributed by atoms with van der Waals surface area (Å²) in [7, 11) is 0. The van der Waals surface area contributed by atoms with E-state index < -0.39 is 0 Å². The van der Waals surface area contributed by atoms with Crippen molar-refractivity contribution < 1.29 is 9.15 Å². The van der Waals surface area contributed by atoms with Gasteiger partial charge in [-0.3, -0.25) is 0 Å². The number of aromatic nitrogens is 3. The molecule has 0 bridgehead atoms. The molecule has 0 unspecified atom stereocenters. The van der Waals surface area contributed by atoms with Crippen LogP contribution in [0, 0.1) is 0 Å². The Morgan fingerprint density at radius 2 is 1.89 bits per heavy atom. The van der Waals surface area contributed by atoms with E-state index in [4.69, 9.17) is 9.15 Å². The number of para-hydroxylation sites is 1. The van der Waals surface area contributed by atoms with Gasteiger partial charge in [0.05, 0.1) is 12.3 Å². The van der Waals surface area contributed by atoms with Crippen molar-refractivity contribution in [2.75, 3.05) is 24.6 Å². The molecule has 1 aromatic carbocycles. The fraction of sp³-hybridized carbons (Fsp3) is 0.524. The maximum absolute atomic E-state index is 6.38. The van der Waals surface area contributed by atoms with Gasteiger partial charge in [0, 0.05) is 29.4 Å². The van der Waals surface area contributed by atoms with Crippen molar-refractivity contribution in [3.8, 4) is 0 Å². The minimum atomic E-state index is -0.226. The summed E-state index contributed by atoms with van der Waals surface area (Å²) in [6.07, 6.45) is 2.81. The number of nitrogens with zero attached hydrogens (tertiary/aromatic N) is 3. The zero-order valence-electron chi connectivity index (χ0n) is 16.2. The van der Waals surface area contributed by atoms with E-state index in [2.05, 4.69) is 65.1 Å². The van der Waals surface area contributed by atoms with E-state index in [1.807, 2.05) is 0 Å². The fourth-order valence-corrected chi connectivity index (χ4v) is 4.37. The van der Waals surface area contributed by atoms with E-state index in [1.54, 1.807) is 0 Å². The fourth-order valence-electron chi connectivity index (χ4n) is 4.37. The molecule has 3 aromatic rings. The summed E-state index contributed by atoms with van der Waals surface area (Å²) in [5.41, 5.74) is 3.56. The van der Waals surface area contributed by atoms with Crippen LogP contribution in [0.25, 0.3) is 10.9 Å². The molecule has 0 saturated carbocycles. The number of ether oxygens (including phenoxy) is 1. The van der Waals surface area contributed by atoms with Crippen molar-refractivity contribution >= 4 is 16.9 Å². The standard InChI is InChI=1S/C21H26N4O2/c1-20(2,3)18-23-24-19(27-18)25-11-9-21(10-12-25)17-15(8-13-26-21)14-6-4-5-7-16(14)22-17/h4-7,22H,8-13H2,1-3H3. The molecule has 0 radical (unpaired) electrons. The van der Waals surface area contributed by atoms with Gasteiger partial charge in [0.15, 0.2) is 0 Å². The number of H-pyrrole nitrogens is 1. The average Bonchev–Trinajstić information content (AvgIpc) is 3.28. The highest BCUT2D eigenvalue weighted by atomic mass is 16.5. The number of rotatable bonds is 1. The summed E-state index contributed by atoms with van der Waals surface area (Å²) < 4.78 is 12.3. The van der Waals surface area contributed by atoms with Crippen LogP contribution >= 0.6 is 0 Å². The Morgan fingerprint density at radius 3 is 2.63 bits per heavy atom. The Morgan fingerprint density at radius 1 is 1.11 bits per heavy atom. The second kappa shape index (κ2) is 5.83. The van der Waals surface area contributed by atoms with Crippen LogP contribution in [-0.4, -0.2) is 34.9 Å². The van der Waals surface area contributed by atoms with Gasteiger partial charge in [-0.2, -0.15) is 0 Å². The number of fused-ring (bicyclic) bond motifs is 4. The third kappa shape index (κ3) is 2.65. The van der Waals surface area contributed by atoms with Gasteiger partial charge < -0.3 is 19.0 Å². The maximum atomic E-state index is 6.38. The van der Waals surface area contributed by atoms with E-state index in [9.17, 15) is 0 Å². The molecule has 1 N–H and O–H groups in total. The Labute approximate surface area is 158 Å². The van der Waals surface area contributed by atoms with Gasteiger partial charge >= 0.3 is 6.01 Å². The number of nitrogens with one attached hydrogen (secondary N) is 1. The summed E-state index contributed by atoms with van der Waals surface area (Å²) in [6, 6.07) is 9.20. The van der Waals surface area contributed by atoms with Crippen molar-refractivity contribution in [2.45, 2.75) is 51.0 Å². The zero-order chi connectivity index (χ0) is 18.6. The molecule has 5 rings (SSSR count). The lowest BCUT2D eigenvalue weighted by Crippen LogP contribution is -2.47. The molecule has 1 saturated heterocycles. The molecular formula is C21H26N4O2. The monoisotopic (exact) mass is 366 g/mol. The molecule has 27 heavy (non-hydrogen) atoms. The van der Waals surface area contributed by atoms with Crippen LogP contribution in [-0.2, 0) is 22.2 Å². The third-order valence-electron chi connectivity index (χ3n) is 5.90. The van der Waals surface area contributed by atoms with Crippen molar-refractivity contribution in [1.29, 1.82) is 0 Å². The predicted octanol–water partition coefficient (Wildman–Crippen LogP) is 3.92. The van der Waals surface area contributed by atoms with Crippen molar-refractivity contribution in [2.24, 2.45) is 0 Å². The van der Waals surface area contributed by atoms with Crippen molar-refractivity contribution in [1.82, 2.24) is 15.2 Å². The van der Waals surface area contributed by atoms with Gasteiger partial charge in [-0.05, 0) is 30.9 Å². The molecule has 1 spiro atoms. The third-order valence-corrected chi connectivity index (χ3v) is 5.90. The second-order valence-corrected chi connectivity index (χ2v) is 8.74. The maximum Gasteiger partial charge on any atom is 0.318 e.